The van der Waals surface area contributed by atoms with Gasteiger partial charge < -0.3 is 0 Å². The number of nitrogens with zero attached hydrogens (tertiary/aromatic N) is 2. The zero-order chi connectivity index (χ0) is 10.8. The SMILES string of the molecule is Cc1cnn(-c2cc(Br)ccc2C=O)c1. The summed E-state index contributed by atoms with van der Waals surface area (Å²) >= 11 is 3.37. The lowest BCUT2D eigenvalue weighted by Gasteiger charge is -2.04. The zero-order valence-electron chi connectivity index (χ0n) is 8.14. The van der Waals surface area contributed by atoms with Crippen LogP contribution in [0.1, 0.15) is 15.9 Å². The summed E-state index contributed by atoms with van der Waals surface area (Å²) in [5.41, 5.74) is 2.47. The van der Waals surface area contributed by atoms with Crippen molar-refractivity contribution in [3.8, 4) is 5.69 Å². The number of aromatic nitrogens is 2. The van der Waals surface area contributed by atoms with E-state index in [1.54, 1.807) is 16.9 Å². The number of rotatable bonds is 2. The second kappa shape index (κ2) is 3.98. The molecule has 4 heteroatoms. The molecule has 0 atom stereocenters. The molecule has 0 bridgehead atoms. The Morgan fingerprint density at radius 2 is 2.27 bits per heavy atom. The molecule has 2 rings (SSSR count). The third kappa shape index (κ3) is 1.99. The van der Waals surface area contributed by atoms with Gasteiger partial charge in [0.1, 0.15) is 0 Å². The van der Waals surface area contributed by atoms with Gasteiger partial charge in [-0.2, -0.15) is 5.10 Å². The van der Waals surface area contributed by atoms with Crippen LogP contribution < -0.4 is 0 Å². The van der Waals surface area contributed by atoms with Crippen LogP contribution in [-0.2, 0) is 0 Å². The van der Waals surface area contributed by atoms with E-state index in [4.69, 9.17) is 0 Å². The minimum atomic E-state index is 0.626. The van der Waals surface area contributed by atoms with E-state index in [1.807, 2.05) is 25.3 Å². The molecule has 0 aliphatic heterocycles. The highest BCUT2D eigenvalue weighted by atomic mass is 79.9. The number of hydrogen-bond acceptors (Lipinski definition) is 2. The molecular formula is C11H9BrN2O. The fourth-order valence-corrected chi connectivity index (χ4v) is 1.71. The molecule has 1 aromatic heterocycles. The fourth-order valence-electron chi connectivity index (χ4n) is 1.36. The van der Waals surface area contributed by atoms with Crippen molar-refractivity contribution >= 4 is 22.2 Å². The third-order valence-electron chi connectivity index (χ3n) is 2.08. The van der Waals surface area contributed by atoms with Gasteiger partial charge in [0.15, 0.2) is 6.29 Å². The van der Waals surface area contributed by atoms with Crippen molar-refractivity contribution in [1.82, 2.24) is 9.78 Å². The number of aldehydes is 1. The van der Waals surface area contributed by atoms with Crippen LogP contribution >= 0.6 is 15.9 Å². The predicted octanol–water partition coefficient (Wildman–Crippen LogP) is 2.76. The monoisotopic (exact) mass is 264 g/mol. The van der Waals surface area contributed by atoms with E-state index in [-0.39, 0.29) is 0 Å². The molecule has 0 N–H and O–H groups in total. The second-order valence-corrected chi connectivity index (χ2v) is 4.20. The molecule has 0 radical (unpaired) electrons. The average molecular weight is 265 g/mol. The predicted molar refractivity (Wildman–Crippen MR) is 61.4 cm³/mol. The molecule has 15 heavy (non-hydrogen) atoms. The largest absolute Gasteiger partial charge is 0.298 e. The number of halogens is 1. The highest BCUT2D eigenvalue weighted by molar-refractivity contribution is 9.10. The molecule has 76 valence electrons. The van der Waals surface area contributed by atoms with Crippen molar-refractivity contribution < 1.29 is 4.79 Å². The van der Waals surface area contributed by atoms with E-state index in [2.05, 4.69) is 21.0 Å². The molecule has 0 aliphatic rings. The van der Waals surface area contributed by atoms with Gasteiger partial charge in [-0.05, 0) is 30.7 Å². The normalized spacial score (nSPS) is 10.3. The molecule has 3 nitrogen and oxygen atoms in total. The lowest BCUT2D eigenvalue weighted by atomic mass is 10.2. The number of benzene rings is 1. The van der Waals surface area contributed by atoms with E-state index < -0.39 is 0 Å². The van der Waals surface area contributed by atoms with Gasteiger partial charge >= 0.3 is 0 Å². The molecule has 0 amide bonds. The zero-order valence-corrected chi connectivity index (χ0v) is 9.73. The minimum Gasteiger partial charge on any atom is -0.298 e. The second-order valence-electron chi connectivity index (χ2n) is 3.28. The average Bonchev–Trinajstić information content (AvgIpc) is 2.65. The van der Waals surface area contributed by atoms with Crippen molar-refractivity contribution in [2.24, 2.45) is 0 Å². The summed E-state index contributed by atoms with van der Waals surface area (Å²) in [6, 6.07) is 5.48. The van der Waals surface area contributed by atoms with Crippen molar-refractivity contribution in [1.29, 1.82) is 0 Å². The summed E-state index contributed by atoms with van der Waals surface area (Å²) in [6.45, 7) is 1.96. The Labute approximate surface area is 95.9 Å². The molecule has 0 aliphatic carbocycles. The maximum Gasteiger partial charge on any atom is 0.152 e. The topological polar surface area (TPSA) is 34.9 Å². The van der Waals surface area contributed by atoms with Crippen molar-refractivity contribution in [2.75, 3.05) is 0 Å². The van der Waals surface area contributed by atoms with Gasteiger partial charge in [0.05, 0.1) is 11.9 Å². The Morgan fingerprint density at radius 1 is 1.47 bits per heavy atom. The Bertz CT molecular complexity index is 505. The Morgan fingerprint density at radius 3 is 2.87 bits per heavy atom. The van der Waals surface area contributed by atoms with Crippen LogP contribution in [0, 0.1) is 6.92 Å². The highest BCUT2D eigenvalue weighted by Gasteiger charge is 2.05. The van der Waals surface area contributed by atoms with Crippen molar-refractivity contribution in [2.45, 2.75) is 6.92 Å². The van der Waals surface area contributed by atoms with Crippen molar-refractivity contribution in [3.05, 3.63) is 46.2 Å². The molecule has 1 heterocycles. The highest BCUT2D eigenvalue weighted by Crippen LogP contribution is 2.19. The first-order chi connectivity index (χ1) is 7.20. The summed E-state index contributed by atoms with van der Waals surface area (Å²) in [7, 11) is 0. The van der Waals surface area contributed by atoms with E-state index in [1.165, 1.54) is 0 Å². The van der Waals surface area contributed by atoms with Gasteiger partial charge in [-0.15, -0.1) is 0 Å². The van der Waals surface area contributed by atoms with Crippen LogP contribution in [0.5, 0.6) is 0 Å². The summed E-state index contributed by atoms with van der Waals surface area (Å²) in [5.74, 6) is 0. The minimum absolute atomic E-state index is 0.626. The lowest BCUT2D eigenvalue weighted by molar-refractivity contribution is 0.112. The molecular weight excluding hydrogens is 256 g/mol. The van der Waals surface area contributed by atoms with Gasteiger partial charge in [0.25, 0.3) is 0 Å². The van der Waals surface area contributed by atoms with Crippen LogP contribution in [0.4, 0.5) is 0 Å². The van der Waals surface area contributed by atoms with E-state index in [0.29, 0.717) is 5.56 Å². The molecule has 1 aromatic carbocycles. The summed E-state index contributed by atoms with van der Waals surface area (Å²) in [4.78, 5) is 10.9. The summed E-state index contributed by atoms with van der Waals surface area (Å²) in [6.07, 6.45) is 4.48. The molecule has 0 spiro atoms. The Balaban J connectivity index is 2.59. The summed E-state index contributed by atoms with van der Waals surface area (Å²) < 4.78 is 2.63. The number of carbonyl (C=O) groups is 1. The summed E-state index contributed by atoms with van der Waals surface area (Å²) in [5, 5.41) is 4.17. The molecule has 0 saturated heterocycles. The number of aryl methyl sites for hydroxylation is 1. The van der Waals surface area contributed by atoms with E-state index in [9.17, 15) is 4.79 Å². The molecule has 0 saturated carbocycles. The van der Waals surface area contributed by atoms with Gasteiger partial charge in [0.2, 0.25) is 0 Å². The van der Waals surface area contributed by atoms with E-state index >= 15 is 0 Å². The van der Waals surface area contributed by atoms with Gasteiger partial charge in [-0.1, -0.05) is 15.9 Å². The first kappa shape index (κ1) is 10.1. The Kier molecular flexibility index (Phi) is 2.68. The third-order valence-corrected chi connectivity index (χ3v) is 2.57. The standard InChI is InChI=1S/C11H9BrN2O/c1-8-5-13-14(6-8)11-4-10(12)3-2-9(11)7-15/h2-7H,1H3. The smallest absolute Gasteiger partial charge is 0.152 e. The van der Waals surface area contributed by atoms with Gasteiger partial charge in [-0.3, -0.25) is 4.79 Å². The first-order valence-electron chi connectivity index (χ1n) is 4.47. The van der Waals surface area contributed by atoms with Gasteiger partial charge in [0, 0.05) is 16.2 Å². The van der Waals surface area contributed by atoms with Crippen LogP contribution in [-0.4, -0.2) is 16.1 Å². The first-order valence-corrected chi connectivity index (χ1v) is 5.26. The molecule has 0 fully saturated rings. The van der Waals surface area contributed by atoms with Crippen LogP contribution in [0.15, 0.2) is 35.1 Å². The maximum atomic E-state index is 10.9. The number of carbonyl (C=O) groups excluding carboxylic acids is 1. The quantitative estimate of drug-likeness (QED) is 0.782. The van der Waals surface area contributed by atoms with Crippen LogP contribution in [0.25, 0.3) is 5.69 Å². The van der Waals surface area contributed by atoms with Gasteiger partial charge in [-0.25, -0.2) is 4.68 Å². The van der Waals surface area contributed by atoms with Crippen molar-refractivity contribution in [3.63, 3.8) is 0 Å². The lowest BCUT2D eigenvalue weighted by Crippen LogP contribution is -1.99. The molecule has 2 aromatic rings. The van der Waals surface area contributed by atoms with Crippen LogP contribution in [0.2, 0.25) is 0 Å². The Hall–Kier alpha value is -1.42. The van der Waals surface area contributed by atoms with E-state index in [0.717, 1.165) is 22.0 Å². The maximum absolute atomic E-state index is 10.9. The number of hydrogen-bond donors (Lipinski definition) is 0. The fraction of sp³-hybridized carbons (Fsp3) is 0.0909. The van der Waals surface area contributed by atoms with Crippen LogP contribution in [0.3, 0.4) is 0 Å². The molecule has 0 unspecified atom stereocenters.